The summed E-state index contributed by atoms with van der Waals surface area (Å²) in [5.41, 5.74) is 2.51. The Morgan fingerprint density at radius 2 is 2.54 bits per heavy atom. The number of fused-ring (bicyclic) bond motifs is 1. The van der Waals surface area contributed by atoms with Crippen LogP contribution in [0, 0.1) is 0 Å². The molecule has 1 aromatic rings. The van der Waals surface area contributed by atoms with E-state index in [4.69, 9.17) is 5.11 Å². The molecule has 0 amide bonds. The van der Waals surface area contributed by atoms with Gasteiger partial charge in [-0.3, -0.25) is 4.98 Å². The number of hydrogen-bond acceptors (Lipinski definition) is 3. The second-order valence-corrected chi connectivity index (χ2v) is 3.32. The summed E-state index contributed by atoms with van der Waals surface area (Å²) in [6.07, 6.45) is 4.04. The Hall–Kier alpha value is -0.930. The molecular weight excluding hydrogens is 164 g/mol. The topological polar surface area (TPSA) is 45.1 Å². The first kappa shape index (κ1) is 8.66. The summed E-state index contributed by atoms with van der Waals surface area (Å²) in [6.45, 7) is 0.847. The molecule has 0 bridgehead atoms. The number of aliphatic hydroxyl groups excluding tert-OH is 1. The fraction of sp³-hybridized carbons (Fsp3) is 0.500. The predicted molar refractivity (Wildman–Crippen MR) is 50.4 cm³/mol. The van der Waals surface area contributed by atoms with Crippen LogP contribution in [0.1, 0.15) is 23.7 Å². The molecule has 0 radical (unpaired) electrons. The van der Waals surface area contributed by atoms with Crippen LogP contribution in [0.4, 0.5) is 0 Å². The molecule has 0 fully saturated rings. The van der Waals surface area contributed by atoms with Crippen LogP contribution in [0.2, 0.25) is 0 Å². The molecule has 2 N–H and O–H groups in total. The molecule has 70 valence electrons. The fourth-order valence-electron chi connectivity index (χ4n) is 1.85. The van der Waals surface area contributed by atoms with Gasteiger partial charge in [0.2, 0.25) is 0 Å². The van der Waals surface area contributed by atoms with Gasteiger partial charge in [0.1, 0.15) is 0 Å². The second-order valence-electron chi connectivity index (χ2n) is 3.32. The van der Waals surface area contributed by atoms with E-state index in [-0.39, 0.29) is 6.61 Å². The Kier molecular flexibility index (Phi) is 2.57. The quantitative estimate of drug-likeness (QED) is 0.714. The van der Waals surface area contributed by atoms with Gasteiger partial charge < -0.3 is 10.4 Å². The van der Waals surface area contributed by atoms with Gasteiger partial charge in [0.05, 0.1) is 18.3 Å². The molecule has 3 heteroatoms. The lowest BCUT2D eigenvalue weighted by Gasteiger charge is -2.11. The van der Waals surface area contributed by atoms with Crippen LogP contribution < -0.4 is 5.32 Å². The Balaban J connectivity index is 2.09. The normalized spacial score (nSPS) is 20.2. The minimum atomic E-state index is 0.193. The zero-order chi connectivity index (χ0) is 9.10. The molecule has 1 aliphatic rings. The van der Waals surface area contributed by atoms with Crippen molar-refractivity contribution in [3.05, 3.63) is 29.6 Å². The second kappa shape index (κ2) is 3.85. The Labute approximate surface area is 77.8 Å². The summed E-state index contributed by atoms with van der Waals surface area (Å²) >= 11 is 0. The third kappa shape index (κ3) is 1.71. The molecule has 13 heavy (non-hydrogen) atoms. The molecule has 3 nitrogen and oxygen atoms in total. The van der Waals surface area contributed by atoms with Crippen LogP contribution in [-0.4, -0.2) is 23.2 Å². The number of aliphatic hydroxyl groups is 1. The van der Waals surface area contributed by atoms with Gasteiger partial charge in [-0.1, -0.05) is 6.07 Å². The summed E-state index contributed by atoms with van der Waals surface area (Å²) in [6, 6.07) is 4.46. The maximum absolute atomic E-state index is 8.69. The Morgan fingerprint density at radius 1 is 1.62 bits per heavy atom. The van der Waals surface area contributed by atoms with Crippen molar-refractivity contribution in [2.75, 3.05) is 13.2 Å². The molecule has 1 aliphatic carbocycles. The number of hydrogen-bond donors (Lipinski definition) is 2. The summed E-state index contributed by atoms with van der Waals surface area (Å²) in [7, 11) is 0. The number of aryl methyl sites for hydroxylation is 1. The maximum atomic E-state index is 8.69. The fourth-order valence-corrected chi connectivity index (χ4v) is 1.85. The van der Waals surface area contributed by atoms with Gasteiger partial charge in [-0.15, -0.1) is 0 Å². The number of nitrogens with one attached hydrogen (secondary N) is 1. The molecule has 0 spiro atoms. The van der Waals surface area contributed by atoms with Crippen LogP contribution in [0.5, 0.6) is 0 Å². The minimum Gasteiger partial charge on any atom is -0.395 e. The molecule has 1 heterocycles. The van der Waals surface area contributed by atoms with Crippen molar-refractivity contribution >= 4 is 0 Å². The monoisotopic (exact) mass is 178 g/mol. The lowest BCUT2D eigenvalue weighted by Crippen LogP contribution is -2.23. The van der Waals surface area contributed by atoms with E-state index < -0.39 is 0 Å². The van der Waals surface area contributed by atoms with Crippen molar-refractivity contribution in [3.8, 4) is 0 Å². The highest BCUT2D eigenvalue weighted by molar-refractivity contribution is 5.27. The summed E-state index contributed by atoms with van der Waals surface area (Å²) in [5, 5.41) is 12.0. The average molecular weight is 178 g/mol. The van der Waals surface area contributed by atoms with Crippen molar-refractivity contribution in [2.24, 2.45) is 0 Å². The van der Waals surface area contributed by atoms with Crippen molar-refractivity contribution < 1.29 is 5.11 Å². The van der Waals surface area contributed by atoms with Crippen LogP contribution in [0.15, 0.2) is 18.3 Å². The first-order chi connectivity index (χ1) is 6.42. The lowest BCUT2D eigenvalue weighted by molar-refractivity contribution is 0.283. The third-order valence-corrected chi connectivity index (χ3v) is 2.46. The standard InChI is InChI=1S/C10H14N2O/c13-7-6-11-9-4-3-8-2-1-5-12-10(8)9/h1-2,5,9,11,13H,3-4,6-7H2. The highest BCUT2D eigenvalue weighted by Crippen LogP contribution is 2.28. The van der Waals surface area contributed by atoms with Gasteiger partial charge in [-0.05, 0) is 24.5 Å². The van der Waals surface area contributed by atoms with Crippen LogP contribution in [-0.2, 0) is 6.42 Å². The van der Waals surface area contributed by atoms with E-state index in [1.807, 2.05) is 12.3 Å². The number of pyridine rings is 1. The van der Waals surface area contributed by atoms with E-state index in [1.165, 1.54) is 5.56 Å². The Bertz CT molecular complexity index is 288. The molecule has 0 aliphatic heterocycles. The zero-order valence-corrected chi connectivity index (χ0v) is 7.53. The highest BCUT2D eigenvalue weighted by Gasteiger charge is 2.22. The van der Waals surface area contributed by atoms with Crippen molar-refractivity contribution in [1.82, 2.24) is 10.3 Å². The molecule has 2 rings (SSSR count). The summed E-state index contributed by atoms with van der Waals surface area (Å²) in [4.78, 5) is 4.35. The molecule has 0 saturated heterocycles. The van der Waals surface area contributed by atoms with Crippen LogP contribution >= 0.6 is 0 Å². The first-order valence-corrected chi connectivity index (χ1v) is 4.70. The average Bonchev–Trinajstić information content (AvgIpc) is 2.58. The zero-order valence-electron chi connectivity index (χ0n) is 7.53. The minimum absolute atomic E-state index is 0.193. The third-order valence-electron chi connectivity index (χ3n) is 2.46. The van der Waals surface area contributed by atoms with Crippen molar-refractivity contribution in [3.63, 3.8) is 0 Å². The van der Waals surface area contributed by atoms with Gasteiger partial charge in [0.25, 0.3) is 0 Å². The Morgan fingerprint density at radius 3 is 3.38 bits per heavy atom. The smallest absolute Gasteiger partial charge is 0.0605 e. The van der Waals surface area contributed by atoms with Gasteiger partial charge >= 0.3 is 0 Å². The molecule has 1 aromatic heterocycles. The van der Waals surface area contributed by atoms with E-state index in [0.717, 1.165) is 18.5 Å². The number of aromatic nitrogens is 1. The number of nitrogens with zero attached hydrogens (tertiary/aromatic N) is 1. The summed E-state index contributed by atoms with van der Waals surface area (Å²) < 4.78 is 0. The molecule has 1 unspecified atom stereocenters. The number of rotatable bonds is 3. The SMILES string of the molecule is OCCNC1CCc2cccnc21. The van der Waals surface area contributed by atoms with E-state index in [1.54, 1.807) is 0 Å². The largest absolute Gasteiger partial charge is 0.395 e. The van der Waals surface area contributed by atoms with E-state index in [2.05, 4.69) is 16.4 Å². The van der Waals surface area contributed by atoms with Crippen LogP contribution in [0.3, 0.4) is 0 Å². The molecule has 1 atom stereocenters. The van der Waals surface area contributed by atoms with Crippen molar-refractivity contribution in [2.45, 2.75) is 18.9 Å². The maximum Gasteiger partial charge on any atom is 0.0605 e. The predicted octanol–water partition coefficient (Wildman–Crippen LogP) is 0.651. The first-order valence-electron chi connectivity index (χ1n) is 4.70. The molecule has 0 saturated carbocycles. The van der Waals surface area contributed by atoms with Gasteiger partial charge in [-0.25, -0.2) is 0 Å². The van der Waals surface area contributed by atoms with E-state index in [0.29, 0.717) is 12.6 Å². The molecular formula is C10H14N2O. The highest BCUT2D eigenvalue weighted by atomic mass is 16.3. The molecule has 0 aromatic carbocycles. The van der Waals surface area contributed by atoms with Crippen LogP contribution in [0.25, 0.3) is 0 Å². The van der Waals surface area contributed by atoms with Gasteiger partial charge in [0.15, 0.2) is 0 Å². The van der Waals surface area contributed by atoms with E-state index in [9.17, 15) is 0 Å². The van der Waals surface area contributed by atoms with Gasteiger partial charge in [-0.2, -0.15) is 0 Å². The van der Waals surface area contributed by atoms with Gasteiger partial charge in [0, 0.05) is 12.7 Å². The summed E-state index contributed by atoms with van der Waals surface area (Å²) in [5.74, 6) is 0. The van der Waals surface area contributed by atoms with Crippen molar-refractivity contribution in [1.29, 1.82) is 0 Å². The lowest BCUT2D eigenvalue weighted by atomic mass is 10.2. The van der Waals surface area contributed by atoms with E-state index >= 15 is 0 Å².